The van der Waals surface area contributed by atoms with Crippen LogP contribution >= 0.6 is 0 Å². The molecule has 0 saturated carbocycles. The van der Waals surface area contributed by atoms with Crippen LogP contribution in [0.3, 0.4) is 0 Å². The molecule has 0 aliphatic carbocycles. The Kier molecular flexibility index (Phi) is 4.93. The van der Waals surface area contributed by atoms with Crippen LogP contribution in [0.15, 0.2) is 4.52 Å². The van der Waals surface area contributed by atoms with Crippen molar-refractivity contribution in [2.75, 3.05) is 7.11 Å². The van der Waals surface area contributed by atoms with Crippen molar-refractivity contribution >= 4 is 0 Å². The Labute approximate surface area is 95.4 Å². The lowest BCUT2D eigenvalue weighted by atomic mass is 10.1. The van der Waals surface area contributed by atoms with Gasteiger partial charge in [-0.1, -0.05) is 19.0 Å². The van der Waals surface area contributed by atoms with E-state index in [-0.39, 0.29) is 12.0 Å². The first kappa shape index (κ1) is 12.7. The molecule has 5 nitrogen and oxygen atoms in total. The molecular weight excluding hydrogens is 206 g/mol. The third-order valence-corrected chi connectivity index (χ3v) is 2.39. The number of nitriles is 1. The Morgan fingerprint density at radius 2 is 2.31 bits per heavy atom. The summed E-state index contributed by atoms with van der Waals surface area (Å²) in [6.45, 7) is 3.99. The van der Waals surface area contributed by atoms with Gasteiger partial charge in [0.25, 0.3) is 0 Å². The summed E-state index contributed by atoms with van der Waals surface area (Å²) in [7, 11) is 1.63. The van der Waals surface area contributed by atoms with E-state index in [1.54, 1.807) is 7.11 Å². The number of methoxy groups -OCH3 is 1. The van der Waals surface area contributed by atoms with Crippen LogP contribution in [0.5, 0.6) is 0 Å². The quantitative estimate of drug-likeness (QED) is 0.739. The van der Waals surface area contributed by atoms with Crippen LogP contribution in [0.1, 0.15) is 44.5 Å². The van der Waals surface area contributed by atoms with E-state index < -0.39 is 0 Å². The third kappa shape index (κ3) is 3.31. The van der Waals surface area contributed by atoms with Gasteiger partial charge in [-0.15, -0.1) is 0 Å². The first-order chi connectivity index (χ1) is 7.71. The molecule has 0 aliphatic heterocycles. The second-order valence-corrected chi connectivity index (χ2v) is 3.85. The Morgan fingerprint density at radius 1 is 1.56 bits per heavy atom. The zero-order valence-electron chi connectivity index (χ0n) is 9.93. The maximum Gasteiger partial charge on any atom is 0.227 e. The molecule has 0 spiro atoms. The molecule has 1 aromatic rings. The van der Waals surface area contributed by atoms with Crippen molar-refractivity contribution in [3.8, 4) is 6.07 Å². The van der Waals surface area contributed by atoms with Gasteiger partial charge in [0.05, 0.1) is 6.07 Å². The van der Waals surface area contributed by atoms with Gasteiger partial charge < -0.3 is 9.26 Å². The van der Waals surface area contributed by atoms with Crippen LogP contribution in [0.2, 0.25) is 0 Å². The Balaban J connectivity index is 2.61. The highest BCUT2D eigenvalue weighted by Crippen LogP contribution is 2.18. The minimum Gasteiger partial charge on any atom is -0.373 e. The molecule has 0 amide bonds. The molecule has 0 aromatic carbocycles. The lowest BCUT2D eigenvalue weighted by molar-refractivity contribution is 0.0903. The monoisotopic (exact) mass is 223 g/mol. The first-order valence-corrected chi connectivity index (χ1v) is 5.43. The van der Waals surface area contributed by atoms with E-state index in [1.807, 2.05) is 13.8 Å². The standard InChI is InChI=1S/C11H17N3O2/c1-4-9(15-3)11-13-10(16-14-11)7-8(2)5-6-12/h8-9H,4-5,7H2,1-3H3. The molecule has 88 valence electrons. The topological polar surface area (TPSA) is 71.9 Å². The van der Waals surface area contributed by atoms with E-state index in [9.17, 15) is 0 Å². The highest BCUT2D eigenvalue weighted by Gasteiger charge is 2.17. The van der Waals surface area contributed by atoms with E-state index in [0.717, 1.165) is 6.42 Å². The van der Waals surface area contributed by atoms with E-state index in [4.69, 9.17) is 14.5 Å². The summed E-state index contributed by atoms with van der Waals surface area (Å²) in [4.78, 5) is 4.26. The van der Waals surface area contributed by atoms with E-state index in [2.05, 4.69) is 16.2 Å². The SMILES string of the molecule is CCC(OC)c1noc(CC(C)CC#N)n1. The van der Waals surface area contributed by atoms with E-state index in [1.165, 1.54) is 0 Å². The number of rotatable bonds is 6. The predicted octanol–water partition coefficient (Wildman–Crippen LogP) is 2.26. The van der Waals surface area contributed by atoms with Crippen LogP contribution in [-0.4, -0.2) is 17.3 Å². The zero-order chi connectivity index (χ0) is 12.0. The second kappa shape index (κ2) is 6.23. The molecule has 5 heteroatoms. The van der Waals surface area contributed by atoms with Crippen molar-refractivity contribution in [2.45, 2.75) is 39.2 Å². The van der Waals surface area contributed by atoms with E-state index >= 15 is 0 Å². The summed E-state index contributed by atoms with van der Waals surface area (Å²) >= 11 is 0. The molecule has 1 heterocycles. The number of hydrogen-bond donors (Lipinski definition) is 0. The summed E-state index contributed by atoms with van der Waals surface area (Å²) in [6, 6.07) is 2.13. The highest BCUT2D eigenvalue weighted by molar-refractivity contribution is 4.92. The van der Waals surface area contributed by atoms with Crippen molar-refractivity contribution < 1.29 is 9.26 Å². The Hall–Kier alpha value is -1.41. The van der Waals surface area contributed by atoms with Crippen molar-refractivity contribution in [1.82, 2.24) is 10.1 Å². The lowest BCUT2D eigenvalue weighted by Crippen LogP contribution is -2.03. The van der Waals surface area contributed by atoms with Gasteiger partial charge in [0.15, 0.2) is 0 Å². The maximum absolute atomic E-state index is 8.55. The van der Waals surface area contributed by atoms with Crippen LogP contribution in [0.4, 0.5) is 0 Å². The average Bonchev–Trinajstić information content (AvgIpc) is 2.68. The van der Waals surface area contributed by atoms with E-state index in [0.29, 0.717) is 24.6 Å². The smallest absolute Gasteiger partial charge is 0.227 e. The van der Waals surface area contributed by atoms with Gasteiger partial charge in [0.2, 0.25) is 11.7 Å². The lowest BCUT2D eigenvalue weighted by Gasteiger charge is -2.06. The van der Waals surface area contributed by atoms with Gasteiger partial charge in [0, 0.05) is 20.0 Å². The van der Waals surface area contributed by atoms with Crippen LogP contribution in [-0.2, 0) is 11.2 Å². The van der Waals surface area contributed by atoms with Gasteiger partial charge in [-0.2, -0.15) is 10.2 Å². The fraction of sp³-hybridized carbons (Fsp3) is 0.727. The van der Waals surface area contributed by atoms with Crippen molar-refractivity contribution in [2.24, 2.45) is 5.92 Å². The maximum atomic E-state index is 8.55. The normalized spacial score (nSPS) is 14.4. The largest absolute Gasteiger partial charge is 0.373 e. The molecule has 0 N–H and O–H groups in total. The molecule has 2 unspecified atom stereocenters. The predicted molar refractivity (Wildman–Crippen MR) is 57.4 cm³/mol. The molecule has 0 saturated heterocycles. The van der Waals surface area contributed by atoms with Crippen molar-refractivity contribution in [3.05, 3.63) is 11.7 Å². The number of nitrogens with zero attached hydrogens (tertiary/aromatic N) is 3. The number of ether oxygens (including phenoxy) is 1. The zero-order valence-corrected chi connectivity index (χ0v) is 9.93. The average molecular weight is 223 g/mol. The minimum atomic E-state index is -0.108. The van der Waals surface area contributed by atoms with Gasteiger partial charge >= 0.3 is 0 Å². The molecule has 0 bridgehead atoms. The number of aromatic nitrogens is 2. The highest BCUT2D eigenvalue weighted by atomic mass is 16.5. The van der Waals surface area contributed by atoms with Gasteiger partial charge in [0.1, 0.15) is 6.10 Å². The molecule has 0 radical (unpaired) electrons. The van der Waals surface area contributed by atoms with Crippen LogP contribution in [0.25, 0.3) is 0 Å². The molecule has 0 aliphatic rings. The summed E-state index contributed by atoms with van der Waals surface area (Å²) in [5.74, 6) is 1.40. The van der Waals surface area contributed by atoms with Gasteiger partial charge in [-0.25, -0.2) is 0 Å². The van der Waals surface area contributed by atoms with Crippen molar-refractivity contribution in [1.29, 1.82) is 5.26 Å². The summed E-state index contributed by atoms with van der Waals surface area (Å²) < 4.78 is 10.3. The minimum absolute atomic E-state index is 0.108. The molecule has 0 fully saturated rings. The third-order valence-electron chi connectivity index (χ3n) is 2.39. The molecule has 1 rings (SSSR count). The van der Waals surface area contributed by atoms with Gasteiger partial charge in [-0.3, -0.25) is 0 Å². The number of hydrogen-bond acceptors (Lipinski definition) is 5. The Morgan fingerprint density at radius 3 is 2.88 bits per heavy atom. The van der Waals surface area contributed by atoms with Crippen LogP contribution in [0, 0.1) is 17.2 Å². The molecule has 16 heavy (non-hydrogen) atoms. The second-order valence-electron chi connectivity index (χ2n) is 3.85. The first-order valence-electron chi connectivity index (χ1n) is 5.43. The molecular formula is C11H17N3O2. The summed E-state index contributed by atoms with van der Waals surface area (Å²) in [5, 5.41) is 12.4. The molecule has 2 atom stereocenters. The van der Waals surface area contributed by atoms with Crippen molar-refractivity contribution in [3.63, 3.8) is 0 Å². The Bertz CT molecular complexity index is 352. The van der Waals surface area contributed by atoms with Crippen LogP contribution < -0.4 is 0 Å². The summed E-state index contributed by atoms with van der Waals surface area (Å²) in [5.41, 5.74) is 0. The summed E-state index contributed by atoms with van der Waals surface area (Å²) in [6.07, 6.45) is 1.84. The molecule has 1 aromatic heterocycles. The fourth-order valence-corrected chi connectivity index (χ4v) is 1.46. The van der Waals surface area contributed by atoms with Gasteiger partial charge in [-0.05, 0) is 12.3 Å². The fourth-order valence-electron chi connectivity index (χ4n) is 1.46.